The molecule has 0 saturated carbocycles. The second-order valence-corrected chi connectivity index (χ2v) is 6.76. The molecule has 2 rings (SSSR count). The maximum Gasteiger partial charge on any atom is 0.133 e. The van der Waals surface area contributed by atoms with Gasteiger partial charge in [-0.25, -0.2) is 0 Å². The Hall–Kier alpha value is -0.0600. The van der Waals surface area contributed by atoms with Crippen LogP contribution in [0.2, 0.25) is 0 Å². The van der Waals surface area contributed by atoms with Crippen LogP contribution in [0.25, 0.3) is 0 Å². The van der Waals surface area contributed by atoms with Crippen molar-refractivity contribution in [2.24, 2.45) is 0 Å². The van der Waals surface area contributed by atoms with Crippen molar-refractivity contribution in [1.29, 1.82) is 0 Å². The normalized spacial score (nSPS) is 20.5. The average molecular weight is 392 g/mol. The first-order chi connectivity index (χ1) is 9.20. The molecule has 4 heteroatoms. The first kappa shape index (κ1) is 15.3. The van der Waals surface area contributed by atoms with Crippen molar-refractivity contribution in [2.45, 2.75) is 43.5 Å². The lowest BCUT2D eigenvalue weighted by Gasteiger charge is -2.15. The van der Waals surface area contributed by atoms with E-state index in [-0.39, 0.29) is 0 Å². The highest BCUT2D eigenvalue weighted by atomic mass is 79.9. The van der Waals surface area contributed by atoms with Crippen LogP contribution in [0.5, 0.6) is 5.75 Å². The zero-order chi connectivity index (χ0) is 13.7. The Morgan fingerprint density at radius 3 is 2.95 bits per heavy atom. The molecule has 19 heavy (non-hydrogen) atoms. The van der Waals surface area contributed by atoms with Crippen molar-refractivity contribution in [2.75, 3.05) is 13.2 Å². The van der Waals surface area contributed by atoms with Crippen molar-refractivity contribution < 1.29 is 9.47 Å². The Morgan fingerprint density at radius 1 is 1.47 bits per heavy atom. The topological polar surface area (TPSA) is 18.5 Å². The molecule has 0 aliphatic carbocycles. The second-order valence-electron chi connectivity index (χ2n) is 4.80. The Kier molecular flexibility index (Phi) is 6.17. The molecule has 0 N–H and O–H groups in total. The van der Waals surface area contributed by atoms with Gasteiger partial charge < -0.3 is 9.47 Å². The van der Waals surface area contributed by atoms with Crippen LogP contribution in [0.15, 0.2) is 22.7 Å². The van der Waals surface area contributed by atoms with Gasteiger partial charge in [-0.2, -0.15) is 0 Å². The van der Waals surface area contributed by atoms with Crippen LogP contribution in [0.4, 0.5) is 0 Å². The van der Waals surface area contributed by atoms with Gasteiger partial charge in [0, 0.05) is 11.4 Å². The minimum Gasteiger partial charge on any atom is -0.493 e. The molecular weight excluding hydrogens is 372 g/mol. The summed E-state index contributed by atoms with van der Waals surface area (Å²) in [6, 6.07) is 6.30. The molecule has 0 radical (unpaired) electrons. The lowest BCUT2D eigenvalue weighted by molar-refractivity contribution is 0.102. The summed E-state index contributed by atoms with van der Waals surface area (Å²) in [5.74, 6) is 0.907. The van der Waals surface area contributed by atoms with Gasteiger partial charge in [0.05, 0.1) is 17.2 Å². The van der Waals surface area contributed by atoms with Crippen molar-refractivity contribution >= 4 is 31.9 Å². The molecule has 1 heterocycles. The first-order valence-electron chi connectivity index (χ1n) is 6.88. The highest BCUT2D eigenvalue weighted by Gasteiger charge is 2.18. The molecule has 0 bridgehead atoms. The largest absolute Gasteiger partial charge is 0.493 e. The van der Waals surface area contributed by atoms with Crippen LogP contribution in [0.1, 0.15) is 43.0 Å². The Balaban J connectivity index is 1.90. The van der Waals surface area contributed by atoms with Crippen molar-refractivity contribution in [3.8, 4) is 5.75 Å². The van der Waals surface area contributed by atoms with E-state index in [4.69, 9.17) is 9.47 Å². The summed E-state index contributed by atoms with van der Waals surface area (Å²) in [5.41, 5.74) is 1.29. The molecule has 2 atom stereocenters. The maximum atomic E-state index is 5.66. The molecule has 0 amide bonds. The fourth-order valence-corrected chi connectivity index (χ4v) is 3.42. The summed E-state index contributed by atoms with van der Waals surface area (Å²) >= 11 is 7.34. The minimum absolute atomic E-state index is 0.378. The number of hydrogen-bond acceptors (Lipinski definition) is 2. The summed E-state index contributed by atoms with van der Waals surface area (Å²) in [7, 11) is 0. The van der Waals surface area contributed by atoms with Gasteiger partial charge in [0.2, 0.25) is 0 Å². The molecule has 1 saturated heterocycles. The maximum absolute atomic E-state index is 5.66. The van der Waals surface area contributed by atoms with Gasteiger partial charge in [0.15, 0.2) is 0 Å². The van der Waals surface area contributed by atoms with E-state index in [0.29, 0.717) is 17.5 Å². The quantitative estimate of drug-likeness (QED) is 0.617. The number of ether oxygens (including phenoxy) is 2. The van der Waals surface area contributed by atoms with Gasteiger partial charge in [0.1, 0.15) is 5.75 Å². The summed E-state index contributed by atoms with van der Waals surface area (Å²) < 4.78 is 12.2. The lowest BCUT2D eigenvalue weighted by Crippen LogP contribution is -2.06. The number of alkyl halides is 1. The molecule has 1 aliphatic heterocycles. The Morgan fingerprint density at radius 2 is 2.32 bits per heavy atom. The molecule has 1 fully saturated rings. The van der Waals surface area contributed by atoms with Crippen LogP contribution >= 0.6 is 31.9 Å². The smallest absolute Gasteiger partial charge is 0.133 e. The van der Waals surface area contributed by atoms with E-state index in [1.807, 2.05) is 13.0 Å². The monoisotopic (exact) mass is 390 g/mol. The third-order valence-corrected chi connectivity index (χ3v) is 4.99. The predicted molar refractivity (Wildman–Crippen MR) is 85.2 cm³/mol. The van der Waals surface area contributed by atoms with Gasteiger partial charge in [0.25, 0.3) is 0 Å². The fourth-order valence-electron chi connectivity index (χ4n) is 2.36. The molecule has 2 unspecified atom stereocenters. The van der Waals surface area contributed by atoms with E-state index >= 15 is 0 Å². The molecular formula is C15H20Br2O2. The summed E-state index contributed by atoms with van der Waals surface area (Å²) in [4.78, 5) is 0.378. The molecule has 0 spiro atoms. The zero-order valence-electron chi connectivity index (χ0n) is 11.2. The van der Waals surface area contributed by atoms with Crippen molar-refractivity contribution in [3.05, 3.63) is 28.2 Å². The van der Waals surface area contributed by atoms with Gasteiger partial charge >= 0.3 is 0 Å². The van der Waals surface area contributed by atoms with E-state index in [1.165, 1.54) is 18.4 Å². The summed E-state index contributed by atoms with van der Waals surface area (Å²) in [6.07, 6.45) is 5.12. The molecule has 1 aromatic carbocycles. The molecule has 106 valence electrons. The third-order valence-electron chi connectivity index (χ3n) is 3.38. The zero-order valence-corrected chi connectivity index (χ0v) is 14.4. The molecule has 1 aliphatic rings. The second kappa shape index (κ2) is 7.65. The average Bonchev–Trinajstić information content (AvgIpc) is 2.91. The Labute approximate surface area is 132 Å². The van der Waals surface area contributed by atoms with E-state index in [9.17, 15) is 0 Å². The molecule has 0 aromatic heterocycles. The number of rotatable bonds is 6. The van der Waals surface area contributed by atoms with E-state index in [1.54, 1.807) is 0 Å². The van der Waals surface area contributed by atoms with Gasteiger partial charge in [-0.05, 0) is 66.2 Å². The van der Waals surface area contributed by atoms with Crippen LogP contribution in [0.3, 0.4) is 0 Å². The lowest BCUT2D eigenvalue weighted by atomic mass is 10.0. The SMILES string of the molecule is CCOc1ccc(C(Br)CCC2CCCO2)cc1Br. The van der Waals surface area contributed by atoms with E-state index < -0.39 is 0 Å². The predicted octanol–water partition coefficient (Wildman–Crippen LogP) is 5.24. The fraction of sp³-hybridized carbons (Fsp3) is 0.600. The van der Waals surface area contributed by atoms with Crippen LogP contribution in [-0.2, 0) is 4.74 Å². The van der Waals surface area contributed by atoms with Gasteiger partial charge in [-0.3, -0.25) is 0 Å². The standard InChI is InChI=1S/C15H20Br2O2/c1-2-18-15-8-5-11(10-14(15)17)13(16)7-6-12-4-3-9-19-12/h5,8,10,12-13H,2-4,6-7,9H2,1H3. The van der Waals surface area contributed by atoms with Gasteiger partial charge in [-0.15, -0.1) is 0 Å². The van der Waals surface area contributed by atoms with Crippen LogP contribution < -0.4 is 4.74 Å². The summed E-state index contributed by atoms with van der Waals surface area (Å²) in [6.45, 7) is 3.62. The third kappa shape index (κ3) is 4.47. The van der Waals surface area contributed by atoms with E-state index in [0.717, 1.165) is 29.7 Å². The Bertz CT molecular complexity index is 403. The van der Waals surface area contributed by atoms with Crippen LogP contribution in [-0.4, -0.2) is 19.3 Å². The first-order valence-corrected chi connectivity index (χ1v) is 8.59. The van der Waals surface area contributed by atoms with Crippen molar-refractivity contribution in [3.63, 3.8) is 0 Å². The van der Waals surface area contributed by atoms with Crippen LogP contribution in [0, 0.1) is 0 Å². The minimum atomic E-state index is 0.378. The van der Waals surface area contributed by atoms with Crippen molar-refractivity contribution in [1.82, 2.24) is 0 Å². The summed E-state index contributed by atoms with van der Waals surface area (Å²) in [5, 5.41) is 0. The number of hydrogen-bond donors (Lipinski definition) is 0. The van der Waals surface area contributed by atoms with E-state index in [2.05, 4.69) is 44.0 Å². The molecule has 2 nitrogen and oxygen atoms in total. The highest BCUT2D eigenvalue weighted by Crippen LogP contribution is 2.35. The van der Waals surface area contributed by atoms with Gasteiger partial charge in [-0.1, -0.05) is 22.0 Å². The molecule has 1 aromatic rings. The number of halogens is 2. The number of benzene rings is 1. The highest BCUT2D eigenvalue weighted by molar-refractivity contribution is 9.10.